The van der Waals surface area contributed by atoms with Crippen LogP contribution >= 0.6 is 0 Å². The van der Waals surface area contributed by atoms with Crippen molar-refractivity contribution < 1.29 is 32.0 Å². The summed E-state index contributed by atoms with van der Waals surface area (Å²) in [5.74, 6) is -0.454. The lowest BCUT2D eigenvalue weighted by Crippen LogP contribution is -2.23. The number of carbonyl (C=O) groups excluding carboxylic acids is 2. The van der Waals surface area contributed by atoms with E-state index in [9.17, 15) is 22.6 Å². The fourth-order valence-corrected chi connectivity index (χ4v) is 3.90. The molecular weight excluding hydrogens is 360 g/mol. The Balaban J connectivity index is 2.05. The molecule has 1 aliphatic carbocycles. The zero-order chi connectivity index (χ0) is 19.3. The Bertz CT molecular complexity index is 762. The summed E-state index contributed by atoms with van der Waals surface area (Å²) >= 11 is 0. The summed E-state index contributed by atoms with van der Waals surface area (Å²) in [7, 11) is -2.98. The first-order valence-corrected chi connectivity index (χ1v) is 9.95. The van der Waals surface area contributed by atoms with Gasteiger partial charge in [0.2, 0.25) is 0 Å². The van der Waals surface area contributed by atoms with E-state index in [0.29, 0.717) is 5.92 Å². The molecule has 0 saturated heterocycles. The van der Waals surface area contributed by atoms with E-state index in [1.54, 1.807) is 7.11 Å². The number of hydrogen-bond donors (Lipinski definition) is 1. The van der Waals surface area contributed by atoms with E-state index in [1.165, 1.54) is 19.1 Å². The first kappa shape index (κ1) is 20.5. The number of benzene rings is 1. The number of ketones is 1. The molecule has 7 nitrogen and oxygen atoms in total. The average molecular weight is 384 g/mol. The molecule has 0 heterocycles. The summed E-state index contributed by atoms with van der Waals surface area (Å²) in [5.41, 5.74) is -0.184. The minimum atomic E-state index is -4.66. The van der Waals surface area contributed by atoms with Crippen molar-refractivity contribution in [1.82, 2.24) is 0 Å². The van der Waals surface area contributed by atoms with Gasteiger partial charge in [0.05, 0.1) is 12.2 Å². The third kappa shape index (κ3) is 5.36. The highest BCUT2D eigenvalue weighted by atomic mass is 32.2. The first-order chi connectivity index (χ1) is 12.2. The molecule has 8 heteroatoms. The summed E-state index contributed by atoms with van der Waals surface area (Å²) in [6, 6.07) is 3.52. The normalized spacial score (nSPS) is 20.6. The van der Waals surface area contributed by atoms with Crippen LogP contribution in [0.25, 0.3) is 0 Å². The van der Waals surface area contributed by atoms with Gasteiger partial charge in [0.15, 0.2) is 5.78 Å². The molecule has 26 heavy (non-hydrogen) atoms. The summed E-state index contributed by atoms with van der Waals surface area (Å²) < 4.78 is 42.9. The van der Waals surface area contributed by atoms with E-state index in [1.807, 2.05) is 0 Å². The Morgan fingerprint density at radius 1 is 1.12 bits per heavy atom. The minimum Gasteiger partial charge on any atom is -0.462 e. The standard InChI is InChI=1S/C18H24O7S/c1-12(19)15-7-8-16(17(9-15)26(21,22)23)18(20)25-11-14-5-3-13(4-6-14)10-24-2/h7-9,13-14H,3-6,10-11H2,1-2H3,(H,21,22,23). The van der Waals surface area contributed by atoms with Gasteiger partial charge in [-0.25, -0.2) is 4.79 Å². The molecule has 0 spiro atoms. The van der Waals surface area contributed by atoms with E-state index < -0.39 is 21.0 Å². The number of ether oxygens (including phenoxy) is 2. The Morgan fingerprint density at radius 2 is 1.69 bits per heavy atom. The van der Waals surface area contributed by atoms with E-state index in [0.717, 1.165) is 38.4 Å². The van der Waals surface area contributed by atoms with Gasteiger partial charge in [0.1, 0.15) is 4.90 Å². The fraction of sp³-hybridized carbons (Fsp3) is 0.556. The van der Waals surface area contributed by atoms with Gasteiger partial charge < -0.3 is 9.47 Å². The second-order valence-electron chi connectivity index (χ2n) is 6.68. The molecule has 2 rings (SSSR count). The lowest BCUT2D eigenvalue weighted by atomic mass is 9.83. The smallest absolute Gasteiger partial charge is 0.339 e. The van der Waals surface area contributed by atoms with E-state index in [-0.39, 0.29) is 29.4 Å². The zero-order valence-electron chi connectivity index (χ0n) is 14.9. The maximum atomic E-state index is 12.3. The third-order valence-electron chi connectivity index (χ3n) is 4.70. The van der Waals surface area contributed by atoms with Crippen molar-refractivity contribution in [1.29, 1.82) is 0 Å². The van der Waals surface area contributed by atoms with Gasteiger partial charge in [-0.15, -0.1) is 0 Å². The van der Waals surface area contributed by atoms with Crippen molar-refractivity contribution in [2.75, 3.05) is 20.3 Å². The summed E-state index contributed by atoms with van der Waals surface area (Å²) in [4.78, 5) is 23.1. The predicted molar refractivity (Wildman–Crippen MR) is 93.9 cm³/mol. The Hall–Kier alpha value is -1.77. The van der Waals surface area contributed by atoms with Crippen molar-refractivity contribution in [3.63, 3.8) is 0 Å². The van der Waals surface area contributed by atoms with Crippen LogP contribution in [0.5, 0.6) is 0 Å². The van der Waals surface area contributed by atoms with Crippen molar-refractivity contribution in [3.05, 3.63) is 29.3 Å². The van der Waals surface area contributed by atoms with Crippen molar-refractivity contribution in [3.8, 4) is 0 Å². The Labute approximate surface area is 153 Å². The molecule has 1 saturated carbocycles. The monoisotopic (exact) mass is 384 g/mol. The Kier molecular flexibility index (Phi) is 6.91. The third-order valence-corrected chi connectivity index (χ3v) is 5.60. The molecule has 0 aliphatic heterocycles. The SMILES string of the molecule is COCC1CCC(COC(=O)c2ccc(C(C)=O)cc2S(=O)(=O)O)CC1. The molecule has 1 aliphatic rings. The second kappa shape index (κ2) is 8.75. The molecule has 144 valence electrons. The van der Waals surface area contributed by atoms with Crippen LogP contribution in [-0.4, -0.2) is 45.0 Å². The molecule has 1 aromatic rings. The number of carbonyl (C=O) groups is 2. The molecule has 0 radical (unpaired) electrons. The van der Waals surface area contributed by atoms with E-state index in [2.05, 4.69) is 0 Å². The van der Waals surface area contributed by atoms with Gasteiger partial charge >= 0.3 is 5.97 Å². The maximum Gasteiger partial charge on any atom is 0.339 e. The van der Waals surface area contributed by atoms with Crippen molar-refractivity contribution >= 4 is 21.9 Å². The lowest BCUT2D eigenvalue weighted by Gasteiger charge is -2.27. The minimum absolute atomic E-state index is 0.0886. The molecule has 1 fully saturated rings. The highest BCUT2D eigenvalue weighted by molar-refractivity contribution is 7.86. The van der Waals surface area contributed by atoms with Crippen molar-refractivity contribution in [2.45, 2.75) is 37.5 Å². The van der Waals surface area contributed by atoms with E-state index >= 15 is 0 Å². The Morgan fingerprint density at radius 3 is 2.19 bits per heavy atom. The van der Waals surface area contributed by atoms with Gasteiger partial charge in [-0.3, -0.25) is 9.35 Å². The molecule has 0 unspecified atom stereocenters. The predicted octanol–water partition coefficient (Wildman–Crippen LogP) is 2.75. The van der Waals surface area contributed by atoms with Gasteiger partial charge in [-0.2, -0.15) is 8.42 Å². The molecule has 1 N–H and O–H groups in total. The zero-order valence-corrected chi connectivity index (χ0v) is 15.8. The molecule has 0 bridgehead atoms. The fourth-order valence-electron chi connectivity index (χ4n) is 3.20. The van der Waals surface area contributed by atoms with Crippen LogP contribution in [0.3, 0.4) is 0 Å². The average Bonchev–Trinajstić information content (AvgIpc) is 2.59. The summed E-state index contributed by atoms with van der Waals surface area (Å²) in [5, 5.41) is 0. The van der Waals surface area contributed by atoms with Gasteiger partial charge in [0.25, 0.3) is 10.1 Å². The topological polar surface area (TPSA) is 107 Å². The summed E-state index contributed by atoms with van der Waals surface area (Å²) in [6.07, 6.45) is 3.82. The van der Waals surface area contributed by atoms with Crippen LogP contribution < -0.4 is 0 Å². The van der Waals surface area contributed by atoms with Gasteiger partial charge in [-0.1, -0.05) is 6.07 Å². The van der Waals surface area contributed by atoms with Gasteiger partial charge in [0, 0.05) is 19.3 Å². The number of esters is 1. The number of Topliss-reactive ketones (excluding diaryl/α,β-unsaturated/α-hetero) is 1. The first-order valence-electron chi connectivity index (χ1n) is 8.51. The van der Waals surface area contributed by atoms with Crippen LogP contribution in [0.4, 0.5) is 0 Å². The molecule has 0 aromatic heterocycles. The maximum absolute atomic E-state index is 12.3. The van der Waals surface area contributed by atoms with Crippen LogP contribution in [0.2, 0.25) is 0 Å². The van der Waals surface area contributed by atoms with Gasteiger partial charge in [-0.05, 0) is 56.6 Å². The molecule has 0 amide bonds. The lowest BCUT2D eigenvalue weighted by molar-refractivity contribution is 0.0363. The molecular formula is C18H24O7S. The quantitative estimate of drug-likeness (QED) is 0.437. The second-order valence-corrected chi connectivity index (χ2v) is 8.07. The van der Waals surface area contributed by atoms with Crippen LogP contribution in [0, 0.1) is 11.8 Å². The molecule has 1 aromatic carbocycles. The highest BCUT2D eigenvalue weighted by Gasteiger charge is 2.25. The molecule has 0 atom stereocenters. The van der Waals surface area contributed by atoms with E-state index in [4.69, 9.17) is 9.47 Å². The largest absolute Gasteiger partial charge is 0.462 e. The number of methoxy groups -OCH3 is 1. The van der Waals surface area contributed by atoms with Crippen LogP contribution in [0.15, 0.2) is 23.1 Å². The number of hydrogen-bond acceptors (Lipinski definition) is 6. The summed E-state index contributed by atoms with van der Waals surface area (Å²) in [6.45, 7) is 2.19. The highest BCUT2D eigenvalue weighted by Crippen LogP contribution is 2.29. The van der Waals surface area contributed by atoms with Crippen LogP contribution in [-0.2, 0) is 19.6 Å². The van der Waals surface area contributed by atoms with Crippen molar-refractivity contribution in [2.24, 2.45) is 11.8 Å². The number of rotatable bonds is 7. The van der Waals surface area contributed by atoms with Crippen LogP contribution in [0.1, 0.15) is 53.3 Å².